The van der Waals surface area contributed by atoms with E-state index in [1.807, 2.05) is 23.7 Å². The molecule has 0 aliphatic carbocycles. The van der Waals surface area contributed by atoms with Crippen LogP contribution >= 0.6 is 0 Å². The second-order valence-electron chi connectivity index (χ2n) is 7.23. The van der Waals surface area contributed by atoms with Crippen LogP contribution in [0, 0.1) is 0 Å². The van der Waals surface area contributed by atoms with Crippen LogP contribution in [0.4, 0.5) is 5.69 Å². The predicted molar refractivity (Wildman–Crippen MR) is 124 cm³/mol. The fourth-order valence-electron chi connectivity index (χ4n) is 3.27. The van der Waals surface area contributed by atoms with Crippen molar-refractivity contribution >= 4 is 11.6 Å². The lowest BCUT2D eigenvalue weighted by Gasteiger charge is -2.11. The molecule has 4 aromatic rings. The highest BCUT2D eigenvalue weighted by atomic mass is 16.5. The molecule has 0 atom stereocenters. The van der Waals surface area contributed by atoms with Crippen molar-refractivity contribution in [1.82, 2.24) is 35.0 Å². The van der Waals surface area contributed by atoms with Gasteiger partial charge in [0, 0.05) is 42.7 Å². The number of aromatic nitrogens is 6. The molecule has 11 nitrogen and oxygen atoms in total. The highest BCUT2D eigenvalue weighted by molar-refractivity contribution is 5.95. The van der Waals surface area contributed by atoms with E-state index >= 15 is 0 Å². The number of anilines is 1. The van der Waals surface area contributed by atoms with Gasteiger partial charge in [-0.15, -0.1) is 10.2 Å². The van der Waals surface area contributed by atoms with Crippen LogP contribution in [-0.4, -0.2) is 49.8 Å². The number of hydrogen-bond donors (Lipinski definition) is 2. The number of rotatable bonds is 9. The van der Waals surface area contributed by atoms with E-state index < -0.39 is 0 Å². The molecule has 4 rings (SSSR count). The molecule has 0 saturated carbocycles. The Hall–Kier alpha value is -4.54. The third-order valence-corrected chi connectivity index (χ3v) is 5.11. The van der Waals surface area contributed by atoms with Crippen molar-refractivity contribution in [2.75, 3.05) is 19.5 Å². The number of benzene rings is 1. The summed E-state index contributed by atoms with van der Waals surface area (Å²) in [5, 5.41) is 14.6. The van der Waals surface area contributed by atoms with Crippen molar-refractivity contribution in [3.8, 4) is 23.3 Å². The second kappa shape index (κ2) is 10.4. The average Bonchev–Trinajstić information content (AvgIpc) is 3.26. The van der Waals surface area contributed by atoms with E-state index in [0.717, 1.165) is 17.1 Å². The lowest BCUT2D eigenvalue weighted by atomic mass is 10.1. The molecule has 3 aromatic heterocycles. The Kier molecular flexibility index (Phi) is 6.92. The van der Waals surface area contributed by atoms with Gasteiger partial charge in [-0.25, -0.2) is 9.97 Å². The predicted octanol–water partition coefficient (Wildman–Crippen LogP) is 2.23. The van der Waals surface area contributed by atoms with E-state index in [4.69, 9.17) is 9.47 Å². The van der Waals surface area contributed by atoms with Gasteiger partial charge in [-0.2, -0.15) is 4.98 Å². The maximum atomic E-state index is 12.7. The molecule has 11 heteroatoms. The van der Waals surface area contributed by atoms with Gasteiger partial charge in [-0.1, -0.05) is 6.07 Å². The van der Waals surface area contributed by atoms with Crippen LogP contribution in [0.1, 0.15) is 21.7 Å². The number of hydrogen-bond acceptors (Lipinski definition) is 9. The van der Waals surface area contributed by atoms with Crippen molar-refractivity contribution in [2.45, 2.75) is 13.1 Å². The van der Waals surface area contributed by atoms with Crippen LogP contribution < -0.4 is 20.1 Å². The number of pyridine rings is 1. The Balaban J connectivity index is 1.39. The molecule has 3 heterocycles. The van der Waals surface area contributed by atoms with Gasteiger partial charge in [-0.05, 0) is 30.3 Å². The van der Waals surface area contributed by atoms with Crippen molar-refractivity contribution in [3.63, 3.8) is 0 Å². The largest absolute Gasteiger partial charge is 0.481 e. The number of carbonyl (C=O) groups excluding carboxylic acids is 1. The molecular weight excluding hydrogens is 436 g/mol. The molecule has 0 spiro atoms. The monoisotopic (exact) mass is 460 g/mol. The van der Waals surface area contributed by atoms with Crippen molar-refractivity contribution in [3.05, 3.63) is 71.9 Å². The lowest BCUT2D eigenvalue weighted by molar-refractivity contribution is 0.0950. The standard InChI is InChI=1S/C23H24N8O3/c1-31-19(29-30-21(31)18-9-10-24-14-27-18)13-25-17-6-4-5-15(11-17)22(32)26-12-16-7-8-20(33-2)28-23(16)34-3/h4-11,14,25H,12-13H2,1-3H3,(H,26,32). The van der Waals surface area contributed by atoms with Gasteiger partial charge in [0.25, 0.3) is 5.91 Å². The van der Waals surface area contributed by atoms with Crippen LogP contribution in [0.25, 0.3) is 11.5 Å². The number of amides is 1. The molecule has 0 unspecified atom stereocenters. The maximum absolute atomic E-state index is 12.7. The number of nitrogens with zero attached hydrogens (tertiary/aromatic N) is 6. The van der Waals surface area contributed by atoms with Crippen LogP contribution in [0.15, 0.2) is 55.0 Å². The molecule has 1 amide bonds. The normalized spacial score (nSPS) is 10.6. The highest BCUT2D eigenvalue weighted by Crippen LogP contribution is 2.20. The summed E-state index contributed by atoms with van der Waals surface area (Å²) in [6, 6.07) is 12.5. The third kappa shape index (κ3) is 5.09. The van der Waals surface area contributed by atoms with Gasteiger partial charge in [0.05, 0.1) is 20.8 Å². The highest BCUT2D eigenvalue weighted by Gasteiger charge is 2.13. The first-order chi connectivity index (χ1) is 16.6. The average molecular weight is 460 g/mol. The van der Waals surface area contributed by atoms with E-state index in [9.17, 15) is 4.79 Å². The van der Waals surface area contributed by atoms with Crippen molar-refractivity contribution in [2.24, 2.45) is 7.05 Å². The van der Waals surface area contributed by atoms with Gasteiger partial charge in [-0.3, -0.25) is 4.79 Å². The molecule has 0 aliphatic rings. The zero-order valence-electron chi connectivity index (χ0n) is 19.0. The van der Waals surface area contributed by atoms with Gasteiger partial charge in [0.15, 0.2) is 11.6 Å². The zero-order chi connectivity index (χ0) is 23.9. The second-order valence-corrected chi connectivity index (χ2v) is 7.23. The summed E-state index contributed by atoms with van der Waals surface area (Å²) in [6.07, 6.45) is 3.13. The SMILES string of the molecule is COc1ccc(CNC(=O)c2cccc(NCc3nnc(-c4ccncn4)n3C)c2)c(OC)n1. The Morgan fingerprint density at radius 3 is 2.71 bits per heavy atom. The first kappa shape index (κ1) is 22.6. The Labute approximate surface area is 196 Å². The summed E-state index contributed by atoms with van der Waals surface area (Å²) in [6.45, 7) is 0.690. The minimum absolute atomic E-state index is 0.216. The maximum Gasteiger partial charge on any atom is 0.251 e. The summed E-state index contributed by atoms with van der Waals surface area (Å²) in [7, 11) is 4.93. The molecule has 174 valence electrons. The smallest absolute Gasteiger partial charge is 0.251 e. The molecule has 0 fully saturated rings. The fraction of sp³-hybridized carbons (Fsp3) is 0.217. The summed E-state index contributed by atoms with van der Waals surface area (Å²) in [4.78, 5) is 25.1. The lowest BCUT2D eigenvalue weighted by Crippen LogP contribution is -2.23. The van der Waals surface area contributed by atoms with Crippen LogP contribution in [0.5, 0.6) is 11.8 Å². The third-order valence-electron chi connectivity index (χ3n) is 5.11. The topological polar surface area (TPSA) is 129 Å². The van der Waals surface area contributed by atoms with Gasteiger partial charge in [0.2, 0.25) is 11.8 Å². The van der Waals surface area contributed by atoms with E-state index in [0.29, 0.717) is 35.4 Å². The number of carbonyl (C=O) groups is 1. The van der Waals surface area contributed by atoms with Crippen LogP contribution in [-0.2, 0) is 20.1 Å². The Morgan fingerprint density at radius 1 is 1.06 bits per heavy atom. The molecule has 34 heavy (non-hydrogen) atoms. The van der Waals surface area contributed by atoms with Crippen LogP contribution in [0.2, 0.25) is 0 Å². The molecule has 0 bridgehead atoms. The van der Waals surface area contributed by atoms with Gasteiger partial charge in [0.1, 0.15) is 12.0 Å². The fourth-order valence-corrected chi connectivity index (χ4v) is 3.27. The van der Waals surface area contributed by atoms with E-state index in [1.165, 1.54) is 20.5 Å². The van der Waals surface area contributed by atoms with E-state index in [1.54, 1.807) is 36.5 Å². The molecular formula is C23H24N8O3. The van der Waals surface area contributed by atoms with Gasteiger partial charge >= 0.3 is 0 Å². The first-order valence-corrected chi connectivity index (χ1v) is 10.4. The van der Waals surface area contributed by atoms with E-state index in [2.05, 4.69) is 35.8 Å². The Bertz CT molecular complexity index is 1280. The first-order valence-electron chi connectivity index (χ1n) is 10.4. The summed E-state index contributed by atoms with van der Waals surface area (Å²) >= 11 is 0. The van der Waals surface area contributed by atoms with E-state index in [-0.39, 0.29) is 12.5 Å². The minimum atomic E-state index is -0.216. The van der Waals surface area contributed by atoms with Crippen molar-refractivity contribution in [1.29, 1.82) is 0 Å². The van der Waals surface area contributed by atoms with Crippen molar-refractivity contribution < 1.29 is 14.3 Å². The summed E-state index contributed by atoms with van der Waals surface area (Å²) in [5.74, 6) is 2.00. The number of methoxy groups -OCH3 is 2. The zero-order valence-corrected chi connectivity index (χ0v) is 19.0. The quantitative estimate of drug-likeness (QED) is 0.386. The molecule has 0 aliphatic heterocycles. The van der Waals surface area contributed by atoms with Gasteiger partial charge < -0.3 is 24.7 Å². The molecule has 0 radical (unpaired) electrons. The molecule has 1 aromatic carbocycles. The minimum Gasteiger partial charge on any atom is -0.481 e. The summed E-state index contributed by atoms with van der Waals surface area (Å²) < 4.78 is 12.3. The Morgan fingerprint density at radius 2 is 1.94 bits per heavy atom. The number of nitrogens with one attached hydrogen (secondary N) is 2. The number of ether oxygens (including phenoxy) is 2. The summed E-state index contributed by atoms with van der Waals surface area (Å²) in [5.41, 5.74) is 2.74. The molecule has 2 N–H and O–H groups in total. The van der Waals surface area contributed by atoms with Crippen LogP contribution in [0.3, 0.4) is 0 Å². The molecule has 0 saturated heterocycles.